The molecule has 0 aliphatic heterocycles. The fraction of sp³-hybridized carbons (Fsp3) is 0.867. The minimum absolute atomic E-state index is 0.320. The Labute approximate surface area is 109 Å². The maximum absolute atomic E-state index is 6.42. The zero-order valence-corrected chi connectivity index (χ0v) is 13.4. The van der Waals surface area contributed by atoms with E-state index in [4.69, 9.17) is 4.43 Å². The molecule has 1 nitrogen and oxygen atoms in total. The van der Waals surface area contributed by atoms with Gasteiger partial charge in [0.25, 0.3) is 0 Å². The first-order valence-electron chi connectivity index (χ1n) is 6.97. The third-order valence-corrected chi connectivity index (χ3v) is 9.27. The zero-order chi connectivity index (χ0) is 13.2. The van der Waals surface area contributed by atoms with Crippen LogP contribution in [0.1, 0.15) is 52.9 Å². The molecule has 0 bridgehead atoms. The predicted octanol–water partition coefficient (Wildman–Crippen LogP) is 5.14. The van der Waals surface area contributed by atoms with Gasteiger partial charge < -0.3 is 4.43 Å². The zero-order valence-electron chi connectivity index (χ0n) is 12.4. The molecule has 1 fully saturated rings. The summed E-state index contributed by atoms with van der Waals surface area (Å²) < 4.78 is 6.42. The molecule has 100 valence electrons. The van der Waals surface area contributed by atoms with Crippen molar-refractivity contribution in [2.24, 2.45) is 5.41 Å². The minimum Gasteiger partial charge on any atom is -0.416 e. The lowest BCUT2D eigenvalue weighted by atomic mass is 9.84. The first-order chi connectivity index (χ1) is 7.72. The van der Waals surface area contributed by atoms with Crippen LogP contribution in [-0.4, -0.2) is 14.9 Å². The van der Waals surface area contributed by atoms with E-state index in [-0.39, 0.29) is 0 Å². The van der Waals surface area contributed by atoms with E-state index < -0.39 is 8.32 Å². The first kappa shape index (κ1) is 15.0. The minimum atomic E-state index is -1.58. The third kappa shape index (κ3) is 3.69. The summed E-state index contributed by atoms with van der Waals surface area (Å²) >= 11 is 0. The molecule has 0 N–H and O–H groups in total. The largest absolute Gasteiger partial charge is 0.416 e. The van der Waals surface area contributed by atoms with E-state index in [1.807, 2.05) is 0 Å². The van der Waals surface area contributed by atoms with E-state index in [0.29, 0.717) is 10.5 Å². The number of hydrogen-bond donors (Lipinski definition) is 0. The van der Waals surface area contributed by atoms with E-state index >= 15 is 0 Å². The average molecular weight is 254 g/mol. The molecule has 0 heterocycles. The Balaban J connectivity index is 2.61. The van der Waals surface area contributed by atoms with Gasteiger partial charge in [0.2, 0.25) is 0 Å². The molecule has 1 saturated carbocycles. The summed E-state index contributed by atoms with van der Waals surface area (Å²) in [5, 5.41) is 0.320. The van der Waals surface area contributed by atoms with Crippen molar-refractivity contribution < 1.29 is 4.43 Å². The van der Waals surface area contributed by atoms with Crippen LogP contribution in [0.3, 0.4) is 0 Å². The fourth-order valence-electron chi connectivity index (χ4n) is 2.39. The van der Waals surface area contributed by atoms with Gasteiger partial charge in [-0.25, -0.2) is 0 Å². The highest BCUT2D eigenvalue weighted by Crippen LogP contribution is 2.44. The van der Waals surface area contributed by atoms with Crippen LogP contribution in [0.25, 0.3) is 0 Å². The Kier molecular flexibility index (Phi) is 4.65. The van der Waals surface area contributed by atoms with Gasteiger partial charge in [0, 0.05) is 6.61 Å². The van der Waals surface area contributed by atoms with Gasteiger partial charge in [0.05, 0.1) is 0 Å². The Bertz CT molecular complexity index is 257. The second-order valence-corrected chi connectivity index (χ2v) is 12.1. The van der Waals surface area contributed by atoms with Crippen molar-refractivity contribution in [3.05, 3.63) is 12.7 Å². The van der Waals surface area contributed by atoms with Crippen molar-refractivity contribution in [1.29, 1.82) is 0 Å². The van der Waals surface area contributed by atoms with Gasteiger partial charge >= 0.3 is 0 Å². The standard InChI is InChI=1S/C15H30OSi/c1-7-10-15(11-8-9-12-15)13-16-17(5,6)14(2,3)4/h7H,1,8-13H2,2-6H3. The summed E-state index contributed by atoms with van der Waals surface area (Å²) in [4.78, 5) is 0. The van der Waals surface area contributed by atoms with Crippen LogP contribution in [0.15, 0.2) is 12.7 Å². The first-order valence-corrected chi connectivity index (χ1v) is 9.88. The maximum atomic E-state index is 6.42. The fourth-order valence-corrected chi connectivity index (χ4v) is 3.49. The molecule has 0 amide bonds. The molecule has 0 atom stereocenters. The Morgan fingerprint density at radius 1 is 1.24 bits per heavy atom. The summed E-state index contributed by atoms with van der Waals surface area (Å²) in [6.45, 7) is 16.5. The molecule has 0 aromatic carbocycles. The van der Waals surface area contributed by atoms with Crippen LogP contribution in [0.5, 0.6) is 0 Å². The average Bonchev–Trinajstić information content (AvgIpc) is 2.63. The van der Waals surface area contributed by atoms with Crippen molar-refractivity contribution >= 4 is 8.32 Å². The molecular weight excluding hydrogens is 224 g/mol. The third-order valence-electron chi connectivity index (χ3n) is 4.79. The molecule has 1 aliphatic rings. The highest BCUT2D eigenvalue weighted by atomic mass is 28.4. The molecule has 1 aliphatic carbocycles. The highest BCUT2D eigenvalue weighted by molar-refractivity contribution is 6.74. The topological polar surface area (TPSA) is 9.23 Å². The number of hydrogen-bond acceptors (Lipinski definition) is 1. The Hall–Kier alpha value is -0.0831. The predicted molar refractivity (Wildman–Crippen MR) is 78.9 cm³/mol. The molecule has 0 saturated heterocycles. The summed E-state index contributed by atoms with van der Waals surface area (Å²) in [6, 6.07) is 0. The van der Waals surface area contributed by atoms with Gasteiger partial charge in [-0.2, -0.15) is 0 Å². The maximum Gasteiger partial charge on any atom is 0.192 e. The van der Waals surface area contributed by atoms with Crippen LogP contribution in [0.2, 0.25) is 18.1 Å². The molecular formula is C15H30OSi. The van der Waals surface area contributed by atoms with Crippen molar-refractivity contribution in [1.82, 2.24) is 0 Å². The molecule has 0 aromatic heterocycles. The molecule has 17 heavy (non-hydrogen) atoms. The molecule has 0 radical (unpaired) electrons. The SMILES string of the molecule is C=CCC1(CO[Si](C)(C)C(C)(C)C)CCCC1. The molecule has 0 spiro atoms. The molecule has 0 aromatic rings. The van der Waals surface area contributed by atoms with E-state index in [0.717, 1.165) is 13.0 Å². The van der Waals surface area contributed by atoms with Gasteiger partial charge in [-0.3, -0.25) is 0 Å². The monoisotopic (exact) mass is 254 g/mol. The lowest BCUT2D eigenvalue weighted by Gasteiger charge is -2.39. The molecule has 2 heteroatoms. The van der Waals surface area contributed by atoms with E-state index in [1.54, 1.807) is 0 Å². The second-order valence-electron chi connectivity index (χ2n) is 7.25. The second kappa shape index (κ2) is 5.27. The van der Waals surface area contributed by atoms with E-state index in [1.165, 1.54) is 25.7 Å². The van der Waals surface area contributed by atoms with Crippen LogP contribution in [-0.2, 0) is 4.43 Å². The smallest absolute Gasteiger partial charge is 0.192 e. The Morgan fingerprint density at radius 2 is 1.76 bits per heavy atom. The summed E-state index contributed by atoms with van der Waals surface area (Å²) in [5.41, 5.74) is 0.414. The van der Waals surface area contributed by atoms with Crippen molar-refractivity contribution in [2.45, 2.75) is 71.0 Å². The van der Waals surface area contributed by atoms with Crippen molar-refractivity contribution in [3.8, 4) is 0 Å². The highest BCUT2D eigenvalue weighted by Gasteiger charge is 2.40. The lowest BCUT2D eigenvalue weighted by Crippen LogP contribution is -2.43. The van der Waals surface area contributed by atoms with Crippen molar-refractivity contribution in [3.63, 3.8) is 0 Å². The molecule has 1 rings (SSSR count). The quantitative estimate of drug-likeness (QED) is 0.487. The van der Waals surface area contributed by atoms with Crippen LogP contribution >= 0.6 is 0 Å². The summed E-state index contributed by atoms with van der Waals surface area (Å²) in [5.74, 6) is 0. The van der Waals surface area contributed by atoms with E-state index in [9.17, 15) is 0 Å². The van der Waals surface area contributed by atoms with Gasteiger partial charge in [-0.05, 0) is 42.8 Å². The lowest BCUT2D eigenvalue weighted by molar-refractivity contribution is 0.139. The van der Waals surface area contributed by atoms with Gasteiger partial charge in [0.1, 0.15) is 0 Å². The van der Waals surface area contributed by atoms with Gasteiger partial charge in [-0.15, -0.1) is 6.58 Å². The number of allylic oxidation sites excluding steroid dienone is 1. The van der Waals surface area contributed by atoms with Gasteiger partial charge in [-0.1, -0.05) is 39.7 Å². The number of rotatable bonds is 5. The normalized spacial score (nSPS) is 20.5. The summed E-state index contributed by atoms with van der Waals surface area (Å²) in [6.07, 6.45) is 8.60. The molecule has 0 unspecified atom stereocenters. The Morgan fingerprint density at radius 3 is 2.18 bits per heavy atom. The van der Waals surface area contributed by atoms with E-state index in [2.05, 4.69) is 46.5 Å². The van der Waals surface area contributed by atoms with Crippen LogP contribution < -0.4 is 0 Å². The van der Waals surface area contributed by atoms with Gasteiger partial charge in [0.15, 0.2) is 8.32 Å². The van der Waals surface area contributed by atoms with Crippen LogP contribution in [0.4, 0.5) is 0 Å². The summed E-state index contributed by atoms with van der Waals surface area (Å²) in [7, 11) is -1.58. The van der Waals surface area contributed by atoms with Crippen LogP contribution in [0, 0.1) is 5.41 Å². The van der Waals surface area contributed by atoms with Crippen molar-refractivity contribution in [2.75, 3.05) is 6.61 Å².